The number of alkyl halides is 2. The van der Waals surface area contributed by atoms with Crippen molar-refractivity contribution in [2.75, 3.05) is 6.61 Å². The van der Waals surface area contributed by atoms with Crippen LogP contribution in [0.4, 0.5) is 8.78 Å². The lowest BCUT2D eigenvalue weighted by Crippen LogP contribution is -2.15. The second kappa shape index (κ2) is 4.73. The lowest BCUT2D eigenvalue weighted by Gasteiger charge is -2.06. The van der Waals surface area contributed by atoms with Crippen LogP contribution in [0.5, 0.6) is 5.75 Å². The summed E-state index contributed by atoms with van der Waals surface area (Å²) in [5.74, 6) is -1.95. The van der Waals surface area contributed by atoms with E-state index in [0.717, 1.165) is 0 Å². The van der Waals surface area contributed by atoms with E-state index < -0.39 is 35.0 Å². The van der Waals surface area contributed by atoms with E-state index in [1.165, 1.54) is 6.92 Å². The highest BCUT2D eigenvalue weighted by molar-refractivity contribution is 5.92. The molecule has 0 saturated heterocycles. The second-order valence-corrected chi connectivity index (χ2v) is 2.84. The standard InChI is InChI=1S/C9H9F2NO4/c1-2-16-9(15)4-3-5(7(10)11)12-8(14)6(4)13/h3,7,13H,2H2,1H3,(H,12,14). The summed E-state index contributed by atoms with van der Waals surface area (Å²) in [6, 6.07) is 0.694. The number of nitrogens with one attached hydrogen (secondary N) is 1. The van der Waals surface area contributed by atoms with E-state index >= 15 is 0 Å². The quantitative estimate of drug-likeness (QED) is 0.768. The van der Waals surface area contributed by atoms with Crippen molar-refractivity contribution in [1.29, 1.82) is 0 Å². The Labute approximate surface area is 88.7 Å². The molecular formula is C9H9F2NO4. The van der Waals surface area contributed by atoms with Crippen molar-refractivity contribution in [3.63, 3.8) is 0 Å². The number of H-pyrrole nitrogens is 1. The molecule has 7 heteroatoms. The molecule has 1 aromatic heterocycles. The van der Waals surface area contributed by atoms with Crippen LogP contribution in [0.1, 0.15) is 29.4 Å². The maximum absolute atomic E-state index is 12.3. The number of hydrogen-bond acceptors (Lipinski definition) is 4. The molecule has 0 atom stereocenters. The fraction of sp³-hybridized carbons (Fsp3) is 0.333. The lowest BCUT2D eigenvalue weighted by molar-refractivity contribution is 0.0522. The Kier molecular flexibility index (Phi) is 3.60. The maximum atomic E-state index is 12.3. The van der Waals surface area contributed by atoms with E-state index in [-0.39, 0.29) is 6.61 Å². The number of aromatic hydroxyl groups is 1. The predicted molar refractivity (Wildman–Crippen MR) is 49.6 cm³/mol. The smallest absolute Gasteiger partial charge is 0.342 e. The minimum Gasteiger partial charge on any atom is -0.502 e. The fourth-order valence-corrected chi connectivity index (χ4v) is 1.05. The first kappa shape index (κ1) is 12.2. The number of carbonyl (C=O) groups is 1. The zero-order valence-corrected chi connectivity index (χ0v) is 8.29. The summed E-state index contributed by atoms with van der Waals surface area (Å²) in [4.78, 5) is 24.0. The Morgan fingerprint density at radius 2 is 2.25 bits per heavy atom. The van der Waals surface area contributed by atoms with Gasteiger partial charge >= 0.3 is 5.97 Å². The van der Waals surface area contributed by atoms with E-state index in [4.69, 9.17) is 0 Å². The molecule has 0 fully saturated rings. The van der Waals surface area contributed by atoms with Gasteiger partial charge in [-0.05, 0) is 13.0 Å². The molecule has 0 unspecified atom stereocenters. The van der Waals surface area contributed by atoms with E-state index in [9.17, 15) is 23.5 Å². The molecular weight excluding hydrogens is 224 g/mol. The zero-order chi connectivity index (χ0) is 12.3. The van der Waals surface area contributed by atoms with Crippen LogP contribution in [0.3, 0.4) is 0 Å². The Morgan fingerprint density at radius 3 is 2.75 bits per heavy atom. The molecule has 1 rings (SSSR count). The Balaban J connectivity index is 3.27. The first-order valence-electron chi connectivity index (χ1n) is 4.38. The van der Waals surface area contributed by atoms with Gasteiger partial charge < -0.3 is 14.8 Å². The third kappa shape index (κ3) is 2.36. The summed E-state index contributed by atoms with van der Waals surface area (Å²) in [5, 5.41) is 9.21. The molecule has 1 heterocycles. The van der Waals surface area contributed by atoms with Gasteiger partial charge in [0.05, 0.1) is 12.3 Å². The highest BCUT2D eigenvalue weighted by Gasteiger charge is 2.19. The molecule has 0 spiro atoms. The Morgan fingerprint density at radius 1 is 1.62 bits per heavy atom. The van der Waals surface area contributed by atoms with E-state index in [0.29, 0.717) is 6.07 Å². The largest absolute Gasteiger partial charge is 0.502 e. The topological polar surface area (TPSA) is 79.4 Å². The Bertz CT molecular complexity index is 455. The molecule has 0 aliphatic carbocycles. The van der Waals surface area contributed by atoms with Crippen LogP contribution in [0, 0.1) is 0 Å². The van der Waals surface area contributed by atoms with Crippen molar-refractivity contribution in [3.05, 3.63) is 27.7 Å². The van der Waals surface area contributed by atoms with E-state index in [2.05, 4.69) is 4.74 Å². The van der Waals surface area contributed by atoms with Crippen LogP contribution in [-0.4, -0.2) is 22.7 Å². The fourth-order valence-electron chi connectivity index (χ4n) is 1.05. The van der Waals surface area contributed by atoms with Gasteiger partial charge in [-0.1, -0.05) is 0 Å². The summed E-state index contributed by atoms with van der Waals surface area (Å²) in [7, 11) is 0. The number of aromatic amines is 1. The number of halogens is 2. The molecule has 0 aliphatic heterocycles. The van der Waals surface area contributed by atoms with Crippen LogP contribution in [0.2, 0.25) is 0 Å². The molecule has 0 aliphatic rings. The number of hydrogen-bond donors (Lipinski definition) is 2. The monoisotopic (exact) mass is 233 g/mol. The molecule has 2 N–H and O–H groups in total. The predicted octanol–water partition coefficient (Wildman–Crippen LogP) is 1.19. The summed E-state index contributed by atoms with van der Waals surface area (Å²) < 4.78 is 29.1. The van der Waals surface area contributed by atoms with Gasteiger partial charge in [0.1, 0.15) is 5.56 Å². The van der Waals surface area contributed by atoms with Crippen molar-refractivity contribution in [3.8, 4) is 5.75 Å². The average molecular weight is 233 g/mol. The summed E-state index contributed by atoms with van der Waals surface area (Å²) in [6.07, 6.45) is -2.94. The van der Waals surface area contributed by atoms with Gasteiger partial charge in [-0.15, -0.1) is 0 Å². The third-order valence-electron chi connectivity index (χ3n) is 1.76. The first-order valence-corrected chi connectivity index (χ1v) is 4.38. The van der Waals surface area contributed by atoms with Crippen LogP contribution in [-0.2, 0) is 4.74 Å². The highest BCUT2D eigenvalue weighted by atomic mass is 19.3. The van der Waals surface area contributed by atoms with E-state index in [1.54, 1.807) is 4.98 Å². The van der Waals surface area contributed by atoms with Gasteiger partial charge in [-0.25, -0.2) is 13.6 Å². The molecule has 0 aromatic carbocycles. The van der Waals surface area contributed by atoms with Gasteiger partial charge in [-0.3, -0.25) is 4.79 Å². The number of aromatic nitrogens is 1. The van der Waals surface area contributed by atoms with Crippen molar-refractivity contribution < 1.29 is 23.4 Å². The van der Waals surface area contributed by atoms with Gasteiger partial charge in [-0.2, -0.15) is 0 Å². The van der Waals surface area contributed by atoms with Gasteiger partial charge in [0.15, 0.2) is 5.75 Å². The minimum absolute atomic E-state index is 0.00901. The van der Waals surface area contributed by atoms with Crippen LogP contribution < -0.4 is 5.56 Å². The molecule has 0 saturated carbocycles. The average Bonchev–Trinajstić information content (AvgIpc) is 2.21. The highest BCUT2D eigenvalue weighted by Crippen LogP contribution is 2.20. The van der Waals surface area contributed by atoms with Crippen molar-refractivity contribution >= 4 is 5.97 Å². The molecule has 0 radical (unpaired) electrons. The van der Waals surface area contributed by atoms with Crippen LogP contribution in [0.25, 0.3) is 0 Å². The summed E-state index contributed by atoms with van der Waals surface area (Å²) >= 11 is 0. The van der Waals surface area contributed by atoms with Crippen LogP contribution in [0.15, 0.2) is 10.9 Å². The Hall–Kier alpha value is -1.92. The van der Waals surface area contributed by atoms with Gasteiger partial charge in [0.2, 0.25) is 0 Å². The molecule has 1 aromatic rings. The third-order valence-corrected chi connectivity index (χ3v) is 1.76. The lowest BCUT2D eigenvalue weighted by atomic mass is 10.2. The molecule has 0 amide bonds. The number of carbonyl (C=O) groups excluding carboxylic acids is 1. The van der Waals surface area contributed by atoms with Crippen molar-refractivity contribution in [2.24, 2.45) is 0 Å². The first-order chi connectivity index (χ1) is 7.47. The molecule has 88 valence electrons. The SMILES string of the molecule is CCOC(=O)c1cc(C(F)F)[nH]c(=O)c1O. The van der Waals surface area contributed by atoms with Crippen molar-refractivity contribution in [2.45, 2.75) is 13.3 Å². The summed E-state index contributed by atoms with van der Waals surface area (Å²) in [5.41, 5.74) is -2.47. The number of pyridine rings is 1. The zero-order valence-electron chi connectivity index (χ0n) is 8.29. The summed E-state index contributed by atoms with van der Waals surface area (Å²) in [6.45, 7) is 1.52. The molecule has 5 nitrogen and oxygen atoms in total. The van der Waals surface area contributed by atoms with Crippen molar-refractivity contribution in [1.82, 2.24) is 4.98 Å². The van der Waals surface area contributed by atoms with Crippen LogP contribution >= 0.6 is 0 Å². The maximum Gasteiger partial charge on any atom is 0.342 e. The molecule has 0 bridgehead atoms. The van der Waals surface area contributed by atoms with E-state index in [1.807, 2.05) is 0 Å². The number of ether oxygens (including phenoxy) is 1. The van der Waals surface area contributed by atoms with Gasteiger partial charge in [0.25, 0.3) is 12.0 Å². The molecule has 16 heavy (non-hydrogen) atoms. The number of esters is 1. The number of rotatable bonds is 3. The minimum atomic E-state index is -2.94. The normalized spacial score (nSPS) is 10.5. The van der Waals surface area contributed by atoms with Gasteiger partial charge in [0, 0.05) is 0 Å². The second-order valence-electron chi connectivity index (χ2n) is 2.84.